The van der Waals surface area contributed by atoms with Crippen LogP contribution in [-0.2, 0) is 0 Å². The van der Waals surface area contributed by atoms with E-state index in [1.165, 1.54) is 32.4 Å². The van der Waals surface area contributed by atoms with Crippen molar-refractivity contribution in [3.8, 4) is 0 Å². The van der Waals surface area contributed by atoms with Crippen molar-refractivity contribution >= 4 is 17.3 Å². The van der Waals surface area contributed by atoms with E-state index in [-0.39, 0.29) is 0 Å². The van der Waals surface area contributed by atoms with E-state index in [1.54, 1.807) is 0 Å². The number of benzene rings is 1. The molecule has 1 saturated heterocycles. The van der Waals surface area contributed by atoms with Gasteiger partial charge in [-0.2, -0.15) is 0 Å². The van der Waals surface area contributed by atoms with Crippen LogP contribution < -0.4 is 5.32 Å². The molecule has 1 heterocycles. The number of anilines is 1. The van der Waals surface area contributed by atoms with Crippen LogP contribution in [0.2, 0.25) is 5.02 Å². The summed E-state index contributed by atoms with van der Waals surface area (Å²) in [6.07, 6.45) is 4.11. The summed E-state index contributed by atoms with van der Waals surface area (Å²) in [4.78, 5) is 2.54. The molecule has 0 aromatic heterocycles. The third kappa shape index (κ3) is 3.62. The van der Waals surface area contributed by atoms with Gasteiger partial charge in [-0.15, -0.1) is 0 Å². The maximum Gasteiger partial charge on any atom is 0.0455 e. The smallest absolute Gasteiger partial charge is 0.0455 e. The van der Waals surface area contributed by atoms with Crippen molar-refractivity contribution in [2.24, 2.45) is 0 Å². The molecule has 0 spiro atoms. The highest BCUT2D eigenvalue weighted by Gasteiger charge is 2.09. The monoisotopic (exact) mass is 252 g/mol. The fraction of sp³-hybridized carbons (Fsp3) is 0.571. The van der Waals surface area contributed by atoms with Crippen LogP contribution in [0.5, 0.6) is 0 Å². The zero-order valence-electron chi connectivity index (χ0n) is 10.5. The predicted octanol–water partition coefficient (Wildman–Crippen LogP) is 3.55. The lowest BCUT2D eigenvalue weighted by atomic mass is 10.1. The molecule has 1 aliphatic rings. The first-order chi connectivity index (χ1) is 8.27. The molecule has 1 aromatic carbocycles. The number of rotatable bonds is 4. The number of hydrogen-bond acceptors (Lipinski definition) is 2. The standard InChI is InChI=1S/C14H21ClN2/c1-12-13(15)6-5-7-14(12)16-8-11-17-9-3-2-4-10-17/h5-7,16H,2-4,8-11H2,1H3. The first kappa shape index (κ1) is 12.7. The highest BCUT2D eigenvalue weighted by molar-refractivity contribution is 6.31. The maximum atomic E-state index is 6.09. The molecule has 0 bridgehead atoms. The summed E-state index contributed by atoms with van der Waals surface area (Å²) in [5, 5.41) is 4.32. The summed E-state index contributed by atoms with van der Waals surface area (Å²) in [5.41, 5.74) is 2.31. The largest absolute Gasteiger partial charge is 0.384 e. The van der Waals surface area contributed by atoms with E-state index in [0.29, 0.717) is 0 Å². The third-order valence-corrected chi connectivity index (χ3v) is 3.87. The Balaban J connectivity index is 1.79. The zero-order chi connectivity index (χ0) is 12.1. The maximum absolute atomic E-state index is 6.09. The van der Waals surface area contributed by atoms with Gasteiger partial charge in [0.25, 0.3) is 0 Å². The fourth-order valence-electron chi connectivity index (χ4n) is 2.33. The Kier molecular flexibility index (Phi) is 4.69. The van der Waals surface area contributed by atoms with Crippen LogP contribution in [0.3, 0.4) is 0 Å². The van der Waals surface area contributed by atoms with Crippen LogP contribution in [0.1, 0.15) is 24.8 Å². The minimum Gasteiger partial charge on any atom is -0.384 e. The van der Waals surface area contributed by atoms with Gasteiger partial charge in [0, 0.05) is 23.8 Å². The van der Waals surface area contributed by atoms with Crippen molar-refractivity contribution in [2.75, 3.05) is 31.5 Å². The Morgan fingerprint density at radius 1 is 1.24 bits per heavy atom. The highest BCUT2D eigenvalue weighted by Crippen LogP contribution is 2.22. The van der Waals surface area contributed by atoms with E-state index < -0.39 is 0 Å². The Morgan fingerprint density at radius 2 is 2.00 bits per heavy atom. The summed E-state index contributed by atoms with van der Waals surface area (Å²) < 4.78 is 0. The molecular weight excluding hydrogens is 232 g/mol. The summed E-state index contributed by atoms with van der Waals surface area (Å²) >= 11 is 6.09. The Hall–Kier alpha value is -0.730. The van der Waals surface area contributed by atoms with E-state index in [2.05, 4.69) is 23.2 Å². The van der Waals surface area contributed by atoms with Gasteiger partial charge in [0.1, 0.15) is 0 Å². The minimum atomic E-state index is 0.841. The molecule has 0 amide bonds. The van der Waals surface area contributed by atoms with E-state index >= 15 is 0 Å². The van der Waals surface area contributed by atoms with E-state index in [1.807, 2.05) is 12.1 Å². The van der Waals surface area contributed by atoms with Crippen LogP contribution >= 0.6 is 11.6 Å². The summed E-state index contributed by atoms with van der Waals surface area (Å²) in [7, 11) is 0. The van der Waals surface area contributed by atoms with E-state index in [9.17, 15) is 0 Å². The Bertz CT molecular complexity index is 359. The molecule has 3 heteroatoms. The van der Waals surface area contributed by atoms with Gasteiger partial charge in [0.05, 0.1) is 0 Å². The molecule has 1 aliphatic heterocycles. The summed E-state index contributed by atoms with van der Waals surface area (Å²) in [6.45, 7) is 6.71. The third-order valence-electron chi connectivity index (χ3n) is 3.46. The first-order valence-corrected chi connectivity index (χ1v) is 6.86. The SMILES string of the molecule is Cc1c(Cl)cccc1NCCN1CCCCC1. The van der Waals surface area contributed by atoms with Crippen molar-refractivity contribution < 1.29 is 0 Å². The quantitative estimate of drug-likeness (QED) is 0.882. The molecule has 1 N–H and O–H groups in total. The topological polar surface area (TPSA) is 15.3 Å². The number of nitrogens with zero attached hydrogens (tertiary/aromatic N) is 1. The summed E-state index contributed by atoms with van der Waals surface area (Å²) in [6, 6.07) is 6.03. The molecule has 0 atom stereocenters. The van der Waals surface area contributed by atoms with Gasteiger partial charge >= 0.3 is 0 Å². The minimum absolute atomic E-state index is 0.841. The lowest BCUT2D eigenvalue weighted by molar-refractivity contribution is 0.237. The molecule has 2 rings (SSSR count). The highest BCUT2D eigenvalue weighted by atomic mass is 35.5. The molecule has 2 nitrogen and oxygen atoms in total. The van der Waals surface area contributed by atoms with Crippen molar-refractivity contribution in [2.45, 2.75) is 26.2 Å². The number of hydrogen-bond donors (Lipinski definition) is 1. The lowest BCUT2D eigenvalue weighted by Crippen LogP contribution is -2.33. The molecule has 0 unspecified atom stereocenters. The van der Waals surface area contributed by atoms with E-state index in [4.69, 9.17) is 11.6 Å². The zero-order valence-corrected chi connectivity index (χ0v) is 11.3. The van der Waals surface area contributed by atoms with Crippen LogP contribution in [-0.4, -0.2) is 31.1 Å². The summed E-state index contributed by atoms with van der Waals surface area (Å²) in [5.74, 6) is 0. The molecule has 1 aromatic rings. The molecular formula is C14H21ClN2. The number of likely N-dealkylation sites (tertiary alicyclic amines) is 1. The molecule has 94 valence electrons. The van der Waals surface area contributed by atoms with Gasteiger partial charge in [0.15, 0.2) is 0 Å². The Morgan fingerprint density at radius 3 is 2.76 bits per heavy atom. The van der Waals surface area contributed by atoms with Crippen LogP contribution in [0.4, 0.5) is 5.69 Å². The van der Waals surface area contributed by atoms with Crippen LogP contribution in [0, 0.1) is 6.92 Å². The molecule has 17 heavy (non-hydrogen) atoms. The molecule has 0 saturated carbocycles. The number of piperidine rings is 1. The number of nitrogens with one attached hydrogen (secondary N) is 1. The average molecular weight is 253 g/mol. The Labute approximate surface area is 109 Å². The molecule has 1 fully saturated rings. The fourth-order valence-corrected chi connectivity index (χ4v) is 2.51. The van der Waals surface area contributed by atoms with Gasteiger partial charge in [0.2, 0.25) is 0 Å². The van der Waals surface area contributed by atoms with Crippen LogP contribution in [0.15, 0.2) is 18.2 Å². The molecule has 0 radical (unpaired) electrons. The number of halogens is 1. The second kappa shape index (κ2) is 6.27. The van der Waals surface area contributed by atoms with Gasteiger partial charge in [-0.1, -0.05) is 24.1 Å². The van der Waals surface area contributed by atoms with Gasteiger partial charge < -0.3 is 10.2 Å². The second-order valence-corrected chi connectivity index (χ2v) is 5.15. The van der Waals surface area contributed by atoms with Crippen molar-refractivity contribution in [1.29, 1.82) is 0 Å². The van der Waals surface area contributed by atoms with Gasteiger partial charge in [-0.25, -0.2) is 0 Å². The normalized spacial score (nSPS) is 17.1. The van der Waals surface area contributed by atoms with Crippen molar-refractivity contribution in [3.63, 3.8) is 0 Å². The van der Waals surface area contributed by atoms with Gasteiger partial charge in [-0.3, -0.25) is 0 Å². The predicted molar refractivity (Wildman–Crippen MR) is 75.0 cm³/mol. The second-order valence-electron chi connectivity index (χ2n) is 4.74. The van der Waals surface area contributed by atoms with Gasteiger partial charge in [-0.05, 0) is 50.6 Å². The lowest BCUT2D eigenvalue weighted by Gasteiger charge is -2.26. The van der Waals surface area contributed by atoms with Crippen molar-refractivity contribution in [1.82, 2.24) is 4.90 Å². The molecule has 0 aliphatic carbocycles. The first-order valence-electron chi connectivity index (χ1n) is 6.49. The van der Waals surface area contributed by atoms with Crippen molar-refractivity contribution in [3.05, 3.63) is 28.8 Å². The van der Waals surface area contributed by atoms with Crippen LogP contribution in [0.25, 0.3) is 0 Å². The van der Waals surface area contributed by atoms with E-state index in [0.717, 1.165) is 29.4 Å². The average Bonchev–Trinajstić information content (AvgIpc) is 2.36.